The topological polar surface area (TPSA) is 0 Å². The van der Waals surface area contributed by atoms with Crippen LogP contribution in [0.1, 0.15) is 17.5 Å². The first-order valence-electron chi connectivity index (χ1n) is 13.7. The third kappa shape index (κ3) is 3.11. The van der Waals surface area contributed by atoms with Crippen molar-refractivity contribution in [3.63, 3.8) is 0 Å². The van der Waals surface area contributed by atoms with Crippen LogP contribution in [0.5, 0.6) is 0 Å². The summed E-state index contributed by atoms with van der Waals surface area (Å²) in [6.45, 7) is 0. The van der Waals surface area contributed by atoms with Gasteiger partial charge >= 0.3 is 0 Å². The first-order valence-corrected chi connectivity index (χ1v) is 14.6. The lowest BCUT2D eigenvalue weighted by Gasteiger charge is -2.19. The molecule has 8 aromatic rings. The maximum atomic E-state index is 2.38. The normalized spacial score (nSPS) is 13.3. The largest absolute Gasteiger partial charge is 0.135 e. The molecule has 0 unspecified atom stereocenters. The van der Waals surface area contributed by atoms with Crippen LogP contribution in [0.3, 0.4) is 0 Å². The first-order chi connectivity index (χ1) is 19.3. The van der Waals surface area contributed by atoms with Crippen molar-refractivity contribution in [2.75, 3.05) is 0 Å². The van der Waals surface area contributed by atoms with E-state index in [0.29, 0.717) is 0 Å². The summed E-state index contributed by atoms with van der Waals surface area (Å²) in [6, 6.07) is 41.1. The molecule has 0 bridgehead atoms. The Balaban J connectivity index is 1.20. The molecule has 1 aromatic heterocycles. The molecule has 0 saturated carbocycles. The van der Waals surface area contributed by atoms with E-state index in [9.17, 15) is 0 Å². The summed E-state index contributed by atoms with van der Waals surface area (Å²) in [5, 5.41) is 10.8. The van der Waals surface area contributed by atoms with Gasteiger partial charge in [-0.3, -0.25) is 0 Å². The minimum absolute atomic E-state index is 1.11. The van der Waals surface area contributed by atoms with E-state index in [2.05, 4.69) is 121 Å². The third-order valence-corrected chi connectivity index (χ3v) is 9.79. The Labute approximate surface area is 230 Å². The Bertz CT molecular complexity index is 2280. The predicted octanol–water partition coefficient (Wildman–Crippen LogP) is 11.2. The van der Waals surface area contributed by atoms with Crippen molar-refractivity contribution in [3.8, 4) is 22.3 Å². The lowest BCUT2D eigenvalue weighted by Crippen LogP contribution is -1.98. The van der Waals surface area contributed by atoms with Crippen molar-refractivity contribution in [1.82, 2.24) is 0 Å². The molecule has 7 aromatic carbocycles. The molecule has 9 rings (SSSR count). The number of fused-ring (bicyclic) bond motifs is 4. The van der Waals surface area contributed by atoms with Crippen LogP contribution >= 0.6 is 11.3 Å². The molecule has 0 nitrogen and oxygen atoms in total. The Morgan fingerprint density at radius 2 is 1.28 bits per heavy atom. The maximum absolute atomic E-state index is 2.38. The molecule has 39 heavy (non-hydrogen) atoms. The molecule has 1 aliphatic carbocycles. The van der Waals surface area contributed by atoms with Gasteiger partial charge in [-0.25, -0.2) is 0 Å². The average Bonchev–Trinajstić information content (AvgIpc) is 3.39. The van der Waals surface area contributed by atoms with E-state index in [1.807, 2.05) is 11.3 Å². The van der Waals surface area contributed by atoms with E-state index in [1.54, 1.807) is 0 Å². The molecule has 0 saturated heterocycles. The second kappa shape index (κ2) is 8.02. The fraction of sp³-hybridized carbons (Fsp3) is 0.0526. The number of rotatable bonds is 2. The highest BCUT2D eigenvalue weighted by Gasteiger charge is 2.17. The summed E-state index contributed by atoms with van der Waals surface area (Å²) >= 11 is 1.90. The Morgan fingerprint density at radius 1 is 0.513 bits per heavy atom. The summed E-state index contributed by atoms with van der Waals surface area (Å²) in [5.74, 6) is 0. The Kier molecular flexibility index (Phi) is 4.42. The summed E-state index contributed by atoms with van der Waals surface area (Å²) in [4.78, 5) is 0. The molecular weight excluding hydrogens is 488 g/mol. The van der Waals surface area contributed by atoms with Crippen LogP contribution in [0.25, 0.3) is 80.8 Å². The number of aryl methyl sites for hydroxylation is 1. The molecule has 0 spiro atoms. The highest BCUT2D eigenvalue weighted by molar-refractivity contribution is 7.26. The second-order valence-electron chi connectivity index (χ2n) is 10.8. The summed E-state index contributed by atoms with van der Waals surface area (Å²) in [6.07, 6.45) is 6.89. The van der Waals surface area contributed by atoms with Gasteiger partial charge in [0.05, 0.1) is 0 Å². The molecule has 0 fully saturated rings. The van der Waals surface area contributed by atoms with E-state index in [1.165, 1.54) is 85.9 Å². The SMILES string of the molecule is C1=Cc2c(-c3ccc4cc(-c5ccc6sc7cccc8ccc5c6c87)ccc4c3)cc3ccccc3c2CC1. The molecule has 182 valence electrons. The van der Waals surface area contributed by atoms with E-state index in [4.69, 9.17) is 0 Å². The van der Waals surface area contributed by atoms with Crippen molar-refractivity contribution in [3.05, 3.63) is 126 Å². The third-order valence-electron chi connectivity index (χ3n) is 8.67. The van der Waals surface area contributed by atoms with E-state index in [-0.39, 0.29) is 0 Å². The van der Waals surface area contributed by atoms with Crippen LogP contribution in [0.15, 0.2) is 115 Å². The van der Waals surface area contributed by atoms with Crippen LogP contribution in [0.2, 0.25) is 0 Å². The molecule has 0 atom stereocenters. The number of benzene rings is 7. The average molecular weight is 513 g/mol. The van der Waals surface area contributed by atoms with E-state index >= 15 is 0 Å². The van der Waals surface area contributed by atoms with Crippen LogP contribution in [-0.2, 0) is 6.42 Å². The Morgan fingerprint density at radius 3 is 2.18 bits per heavy atom. The minimum Gasteiger partial charge on any atom is -0.135 e. The molecule has 0 N–H and O–H groups in total. The maximum Gasteiger partial charge on any atom is 0.0362 e. The van der Waals surface area contributed by atoms with E-state index < -0.39 is 0 Å². The zero-order chi connectivity index (χ0) is 25.5. The van der Waals surface area contributed by atoms with Gasteiger partial charge in [0.2, 0.25) is 0 Å². The monoisotopic (exact) mass is 512 g/mol. The zero-order valence-electron chi connectivity index (χ0n) is 21.4. The van der Waals surface area contributed by atoms with Crippen LogP contribution < -0.4 is 0 Å². The highest BCUT2D eigenvalue weighted by atomic mass is 32.1. The fourth-order valence-electron chi connectivity index (χ4n) is 6.85. The van der Waals surface area contributed by atoms with Crippen molar-refractivity contribution >= 4 is 69.9 Å². The van der Waals surface area contributed by atoms with Gasteiger partial charge in [-0.05, 0) is 109 Å². The lowest BCUT2D eigenvalue weighted by atomic mass is 9.85. The molecule has 0 amide bonds. The molecule has 0 radical (unpaired) electrons. The van der Waals surface area contributed by atoms with Crippen LogP contribution in [-0.4, -0.2) is 0 Å². The van der Waals surface area contributed by atoms with Gasteiger partial charge in [0.15, 0.2) is 0 Å². The highest BCUT2D eigenvalue weighted by Crippen LogP contribution is 2.44. The summed E-state index contributed by atoms with van der Waals surface area (Å²) in [5.41, 5.74) is 8.10. The van der Waals surface area contributed by atoms with Crippen LogP contribution in [0.4, 0.5) is 0 Å². The van der Waals surface area contributed by atoms with Crippen molar-refractivity contribution < 1.29 is 0 Å². The van der Waals surface area contributed by atoms with Gasteiger partial charge in [0.25, 0.3) is 0 Å². The van der Waals surface area contributed by atoms with Gasteiger partial charge in [-0.1, -0.05) is 91.0 Å². The van der Waals surface area contributed by atoms with Gasteiger partial charge in [-0.15, -0.1) is 11.3 Å². The number of hydrogen-bond acceptors (Lipinski definition) is 1. The molecule has 1 heteroatoms. The molecule has 1 aliphatic rings. The Hall–Kier alpha value is -4.46. The smallest absolute Gasteiger partial charge is 0.0362 e. The summed E-state index contributed by atoms with van der Waals surface area (Å²) in [7, 11) is 0. The number of hydrogen-bond donors (Lipinski definition) is 0. The van der Waals surface area contributed by atoms with Crippen molar-refractivity contribution in [1.29, 1.82) is 0 Å². The first kappa shape index (κ1) is 21.5. The van der Waals surface area contributed by atoms with Gasteiger partial charge in [0, 0.05) is 20.2 Å². The standard InChI is InChI=1S/C38H24S/c1-2-8-29-26(6-1)22-34(32-10-4-3-9-31(29)32)28-15-13-24-20-27(14-12-25(24)21-28)30-18-19-36-38-33(30)17-16-23-7-5-11-35(39-36)37(23)38/h1-2,4-8,10-22H,3,9H2. The lowest BCUT2D eigenvalue weighted by molar-refractivity contribution is 0.998. The van der Waals surface area contributed by atoms with Crippen molar-refractivity contribution in [2.24, 2.45) is 0 Å². The second-order valence-corrected chi connectivity index (χ2v) is 11.9. The zero-order valence-corrected chi connectivity index (χ0v) is 22.2. The van der Waals surface area contributed by atoms with E-state index in [0.717, 1.165) is 12.8 Å². The van der Waals surface area contributed by atoms with Gasteiger partial charge < -0.3 is 0 Å². The number of thiophene rings is 1. The molecule has 0 aliphatic heterocycles. The number of allylic oxidation sites excluding steroid dienone is 1. The van der Waals surface area contributed by atoms with Crippen LogP contribution in [0, 0.1) is 0 Å². The van der Waals surface area contributed by atoms with Gasteiger partial charge in [0.1, 0.15) is 0 Å². The minimum atomic E-state index is 1.11. The quantitative estimate of drug-likeness (QED) is 0.202. The fourth-order valence-corrected chi connectivity index (χ4v) is 8.00. The molecule has 1 heterocycles. The van der Waals surface area contributed by atoms with Crippen molar-refractivity contribution in [2.45, 2.75) is 12.8 Å². The molecular formula is C38H24S. The predicted molar refractivity (Wildman–Crippen MR) is 171 cm³/mol. The van der Waals surface area contributed by atoms with Gasteiger partial charge in [-0.2, -0.15) is 0 Å². The summed E-state index contributed by atoms with van der Waals surface area (Å²) < 4.78 is 2.75.